The first-order valence-electron chi connectivity index (χ1n) is 12.0. The molecule has 2 aromatic carbocycles. The summed E-state index contributed by atoms with van der Waals surface area (Å²) in [7, 11) is 0. The number of benzene rings is 2. The first kappa shape index (κ1) is 22.6. The van der Waals surface area contributed by atoms with Crippen LogP contribution in [-0.2, 0) is 11.8 Å². The van der Waals surface area contributed by atoms with Gasteiger partial charge in [0.05, 0.1) is 0 Å². The average molecular weight is 465 g/mol. The predicted molar refractivity (Wildman–Crippen MR) is 147 cm³/mol. The fourth-order valence-corrected chi connectivity index (χ4v) is 5.64. The summed E-state index contributed by atoms with van der Waals surface area (Å²) in [6, 6.07) is 17.6. The monoisotopic (exact) mass is 464 g/mol. The van der Waals surface area contributed by atoms with E-state index in [-0.39, 0.29) is 5.41 Å². The Hall–Kier alpha value is -3.17. The number of thiophene rings is 1. The Kier molecular flexibility index (Phi) is 5.69. The molecule has 0 unspecified atom stereocenters. The number of hydrogen-bond donors (Lipinski definition) is 0. The van der Waals surface area contributed by atoms with Crippen molar-refractivity contribution in [2.24, 2.45) is 5.92 Å². The summed E-state index contributed by atoms with van der Waals surface area (Å²) in [5.41, 5.74) is 7.16. The van der Waals surface area contributed by atoms with Gasteiger partial charge >= 0.3 is 0 Å². The minimum atomic E-state index is 0.0393. The summed E-state index contributed by atoms with van der Waals surface area (Å²) < 4.78 is 1.97. The van der Waals surface area contributed by atoms with Gasteiger partial charge in [-0.05, 0) is 62.9 Å². The third-order valence-electron chi connectivity index (χ3n) is 6.42. The van der Waals surface area contributed by atoms with Gasteiger partial charge < -0.3 is 5.32 Å². The van der Waals surface area contributed by atoms with Crippen LogP contribution in [0.25, 0.3) is 39.1 Å². The quantitative estimate of drug-likeness (QED) is 0.275. The second kappa shape index (κ2) is 8.56. The average Bonchev–Trinajstić information content (AvgIpc) is 3.19. The van der Waals surface area contributed by atoms with Crippen LogP contribution in [0.5, 0.6) is 0 Å². The molecule has 1 aliphatic heterocycles. The molecule has 0 bridgehead atoms. The molecule has 0 spiro atoms. The zero-order valence-electron chi connectivity index (χ0n) is 20.7. The topological polar surface area (TPSA) is 20.0 Å². The largest absolute Gasteiger partial charge is 0.656 e. The molecule has 0 radical (unpaired) electrons. The fourth-order valence-electron chi connectivity index (χ4n) is 4.72. The van der Waals surface area contributed by atoms with Gasteiger partial charge in [-0.2, -0.15) is 4.24 Å². The number of fused-ring (bicyclic) bond motifs is 2. The molecule has 34 heavy (non-hydrogen) atoms. The van der Waals surface area contributed by atoms with Crippen molar-refractivity contribution in [3.05, 3.63) is 99.4 Å². The second-order valence-electron chi connectivity index (χ2n) is 10.7. The molecule has 0 aliphatic carbocycles. The maximum Gasteiger partial charge on any atom is 0.217 e. The number of nitrogens with zero attached hydrogens (tertiary/aromatic N) is 2. The van der Waals surface area contributed by atoms with Crippen LogP contribution in [0.15, 0.2) is 66.2 Å². The highest BCUT2D eigenvalue weighted by molar-refractivity contribution is 7.11. The Labute approximate surface area is 206 Å². The number of rotatable bonds is 3. The minimum absolute atomic E-state index is 0.0393. The molecule has 0 amide bonds. The van der Waals surface area contributed by atoms with Gasteiger partial charge in [-0.1, -0.05) is 70.5 Å². The van der Waals surface area contributed by atoms with Crippen LogP contribution in [0.3, 0.4) is 0 Å². The van der Waals surface area contributed by atoms with Gasteiger partial charge in [-0.3, -0.25) is 0 Å². The molecule has 5 rings (SSSR count). The SMILES string of the molecule is C=[n+]1ccc(=C2C=Cc3scc(CC(C)C)c3[N-]2)cc1-c1cc(C(C)(C)C)c2ccccc2c1. The Bertz CT molecular complexity index is 1530. The molecule has 0 saturated carbocycles. The molecule has 1 aliphatic rings. The third kappa shape index (κ3) is 4.21. The Morgan fingerprint density at radius 1 is 1.03 bits per heavy atom. The van der Waals surface area contributed by atoms with Gasteiger partial charge in [0, 0.05) is 22.6 Å². The van der Waals surface area contributed by atoms with Gasteiger partial charge in [-0.25, -0.2) is 0 Å². The lowest BCUT2D eigenvalue weighted by atomic mass is 9.82. The van der Waals surface area contributed by atoms with Crippen molar-refractivity contribution < 1.29 is 4.24 Å². The zero-order chi connectivity index (χ0) is 24.0. The van der Waals surface area contributed by atoms with Crippen LogP contribution in [0.2, 0.25) is 0 Å². The van der Waals surface area contributed by atoms with Crippen molar-refractivity contribution in [2.45, 2.75) is 46.5 Å². The van der Waals surface area contributed by atoms with Crippen molar-refractivity contribution in [3.8, 4) is 11.3 Å². The molecule has 3 heteroatoms. The van der Waals surface area contributed by atoms with Gasteiger partial charge in [0.1, 0.15) is 6.72 Å². The summed E-state index contributed by atoms with van der Waals surface area (Å²) >= 11 is 1.79. The van der Waals surface area contributed by atoms with Crippen LogP contribution < -0.4 is 9.46 Å². The maximum absolute atomic E-state index is 5.11. The molecule has 0 N–H and O–H groups in total. The highest BCUT2D eigenvalue weighted by Crippen LogP contribution is 2.43. The summed E-state index contributed by atoms with van der Waals surface area (Å²) in [5, 5.41) is 11.1. The molecular weight excluding hydrogens is 432 g/mol. The van der Waals surface area contributed by atoms with Gasteiger partial charge in [0.25, 0.3) is 0 Å². The summed E-state index contributed by atoms with van der Waals surface area (Å²) in [6.45, 7) is 15.7. The van der Waals surface area contributed by atoms with E-state index in [1.54, 1.807) is 11.3 Å². The van der Waals surface area contributed by atoms with Crippen molar-refractivity contribution in [2.75, 3.05) is 0 Å². The molecule has 0 fully saturated rings. The molecule has 2 nitrogen and oxygen atoms in total. The van der Waals surface area contributed by atoms with E-state index in [9.17, 15) is 0 Å². The Morgan fingerprint density at radius 2 is 1.82 bits per heavy atom. The molecule has 2 aromatic heterocycles. The van der Waals surface area contributed by atoms with Crippen molar-refractivity contribution in [1.82, 2.24) is 0 Å². The lowest BCUT2D eigenvalue weighted by molar-refractivity contribution is -0.486. The molecule has 4 aromatic rings. The van der Waals surface area contributed by atoms with E-state index >= 15 is 0 Å². The van der Waals surface area contributed by atoms with Gasteiger partial charge in [0.2, 0.25) is 5.69 Å². The van der Waals surface area contributed by atoms with E-state index in [4.69, 9.17) is 5.32 Å². The van der Waals surface area contributed by atoms with E-state index < -0.39 is 0 Å². The first-order valence-corrected chi connectivity index (χ1v) is 12.9. The van der Waals surface area contributed by atoms with Crippen LogP contribution in [-0.4, -0.2) is 0 Å². The van der Waals surface area contributed by atoms with Gasteiger partial charge in [0.15, 0.2) is 6.20 Å². The lowest BCUT2D eigenvalue weighted by Crippen LogP contribution is -2.22. The second-order valence-corrected chi connectivity index (χ2v) is 11.6. The van der Waals surface area contributed by atoms with Crippen molar-refractivity contribution in [1.29, 1.82) is 0 Å². The fraction of sp³-hybridized carbons (Fsp3) is 0.258. The zero-order valence-corrected chi connectivity index (χ0v) is 21.5. The molecule has 0 atom stereocenters. The van der Waals surface area contributed by atoms with E-state index in [0.29, 0.717) is 5.92 Å². The molecular formula is C31H32N2S. The smallest absolute Gasteiger partial charge is 0.217 e. The number of pyridine rings is 1. The van der Waals surface area contributed by atoms with Crippen molar-refractivity contribution >= 4 is 39.6 Å². The van der Waals surface area contributed by atoms with Crippen LogP contribution in [0.1, 0.15) is 50.6 Å². The Balaban J connectivity index is 1.66. The van der Waals surface area contributed by atoms with Crippen molar-refractivity contribution in [3.63, 3.8) is 0 Å². The number of hydrogen-bond acceptors (Lipinski definition) is 1. The predicted octanol–water partition coefficient (Wildman–Crippen LogP) is 7.83. The van der Waals surface area contributed by atoms with E-state index in [0.717, 1.165) is 28.7 Å². The lowest BCUT2D eigenvalue weighted by Gasteiger charge is -2.29. The minimum Gasteiger partial charge on any atom is -0.656 e. The molecule has 0 saturated heterocycles. The first-order chi connectivity index (χ1) is 16.2. The van der Waals surface area contributed by atoms with Gasteiger partial charge in [-0.15, -0.1) is 22.7 Å². The standard InChI is InChI=1S/C31H32N2S/c1-20(2)15-24-19-34-29-12-11-27(32-30(24)29)22-13-14-33(6)28(18-22)23-16-21-9-7-8-10-25(21)26(17-23)31(3,4)5/h7-14,16-20H,6,15H2,1-5H3. The normalized spacial score (nSPS) is 15.0. The highest BCUT2D eigenvalue weighted by atomic mass is 32.1. The maximum atomic E-state index is 5.11. The molecule has 172 valence electrons. The van der Waals surface area contributed by atoms with E-state index in [1.165, 1.54) is 32.3 Å². The highest BCUT2D eigenvalue weighted by Gasteiger charge is 2.20. The van der Waals surface area contributed by atoms with Crippen LogP contribution in [0.4, 0.5) is 5.69 Å². The molecule has 3 heterocycles. The Morgan fingerprint density at radius 3 is 2.59 bits per heavy atom. The summed E-state index contributed by atoms with van der Waals surface area (Å²) in [4.78, 5) is 1.26. The summed E-state index contributed by atoms with van der Waals surface area (Å²) in [5.74, 6) is 0.613. The van der Waals surface area contributed by atoms with E-state index in [2.05, 4.69) is 107 Å². The number of aromatic nitrogens is 1. The van der Waals surface area contributed by atoms with Crippen LogP contribution in [0, 0.1) is 12.6 Å². The summed E-state index contributed by atoms with van der Waals surface area (Å²) in [6.07, 6.45) is 7.46. The third-order valence-corrected chi connectivity index (χ3v) is 7.40. The van der Waals surface area contributed by atoms with Crippen LogP contribution >= 0.6 is 11.3 Å². The van der Waals surface area contributed by atoms with E-state index in [1.807, 2.05) is 10.4 Å².